The molecule has 0 aliphatic carbocycles. The van der Waals surface area contributed by atoms with Crippen molar-refractivity contribution in [3.8, 4) is 11.5 Å². The van der Waals surface area contributed by atoms with E-state index in [0.717, 1.165) is 5.56 Å². The van der Waals surface area contributed by atoms with Gasteiger partial charge in [0.05, 0.1) is 25.8 Å². The Bertz CT molecular complexity index is 317. The molecule has 4 nitrogen and oxygen atoms in total. The van der Waals surface area contributed by atoms with Crippen LogP contribution in [0.5, 0.6) is 11.5 Å². The summed E-state index contributed by atoms with van der Waals surface area (Å²) in [5, 5.41) is 0.491. The van der Waals surface area contributed by atoms with Crippen LogP contribution in [-0.2, 0) is 11.4 Å². The lowest BCUT2D eigenvalue weighted by Gasteiger charge is -2.12. The molecule has 0 amide bonds. The molecule has 5 heteroatoms. The van der Waals surface area contributed by atoms with Crippen LogP contribution in [0.25, 0.3) is 0 Å². The van der Waals surface area contributed by atoms with E-state index in [9.17, 15) is 0 Å². The van der Waals surface area contributed by atoms with E-state index in [1.807, 2.05) is 0 Å². The topological polar surface area (TPSA) is 53.7 Å². The highest BCUT2D eigenvalue weighted by atomic mass is 35.5. The van der Waals surface area contributed by atoms with Gasteiger partial charge in [0.15, 0.2) is 11.5 Å². The molecule has 1 rings (SSSR count). The Morgan fingerprint density at radius 2 is 1.86 bits per heavy atom. The van der Waals surface area contributed by atoms with Gasteiger partial charge in [-0.05, 0) is 6.07 Å². The zero-order valence-electron chi connectivity index (χ0n) is 8.04. The molecule has 2 N–H and O–H groups in total. The quantitative estimate of drug-likeness (QED) is 0.781. The molecule has 0 radical (unpaired) electrons. The molecule has 0 aliphatic rings. The average molecular weight is 218 g/mol. The Balaban J connectivity index is 3.18. The minimum absolute atomic E-state index is 0.247. The lowest BCUT2D eigenvalue weighted by molar-refractivity contribution is 0.121. The maximum absolute atomic E-state index is 5.90. The minimum Gasteiger partial charge on any atom is -0.492 e. The van der Waals surface area contributed by atoms with Crippen LogP contribution in [0.15, 0.2) is 12.1 Å². The van der Waals surface area contributed by atoms with Crippen molar-refractivity contribution in [1.82, 2.24) is 0 Å². The van der Waals surface area contributed by atoms with Gasteiger partial charge in [0.1, 0.15) is 0 Å². The summed E-state index contributed by atoms with van der Waals surface area (Å²) in [6.07, 6.45) is 0. The smallest absolute Gasteiger partial charge is 0.179 e. The first-order valence-electron chi connectivity index (χ1n) is 3.95. The van der Waals surface area contributed by atoms with Gasteiger partial charge in [-0.3, -0.25) is 4.84 Å². The zero-order valence-corrected chi connectivity index (χ0v) is 8.80. The van der Waals surface area contributed by atoms with Gasteiger partial charge in [-0.25, -0.2) is 5.90 Å². The Morgan fingerprint density at radius 1 is 1.21 bits per heavy atom. The molecule has 0 heterocycles. The first-order valence-corrected chi connectivity index (χ1v) is 4.33. The second-order valence-corrected chi connectivity index (χ2v) is 2.99. The highest BCUT2D eigenvalue weighted by Crippen LogP contribution is 2.37. The molecule has 0 saturated carbocycles. The van der Waals surface area contributed by atoms with Crippen LogP contribution in [-0.4, -0.2) is 14.2 Å². The summed E-state index contributed by atoms with van der Waals surface area (Å²) in [7, 11) is 3.06. The van der Waals surface area contributed by atoms with Gasteiger partial charge in [0, 0.05) is 5.56 Å². The average Bonchev–Trinajstić information content (AvgIpc) is 2.20. The van der Waals surface area contributed by atoms with Crippen LogP contribution in [0.1, 0.15) is 5.56 Å². The van der Waals surface area contributed by atoms with E-state index in [1.165, 1.54) is 14.2 Å². The molecule has 0 bridgehead atoms. The van der Waals surface area contributed by atoms with Crippen LogP contribution in [0.2, 0.25) is 5.02 Å². The second kappa shape index (κ2) is 5.05. The number of hydrogen-bond donors (Lipinski definition) is 1. The monoisotopic (exact) mass is 217 g/mol. The molecule has 0 spiro atoms. The molecule has 0 saturated heterocycles. The molecule has 14 heavy (non-hydrogen) atoms. The van der Waals surface area contributed by atoms with E-state index in [1.54, 1.807) is 12.1 Å². The number of hydrogen-bond acceptors (Lipinski definition) is 4. The third kappa shape index (κ3) is 2.09. The van der Waals surface area contributed by atoms with Gasteiger partial charge >= 0.3 is 0 Å². The number of halogens is 1. The van der Waals surface area contributed by atoms with Gasteiger partial charge in [-0.1, -0.05) is 17.7 Å². The Morgan fingerprint density at radius 3 is 2.36 bits per heavy atom. The standard InChI is InChI=1S/C9H12ClNO3/c1-12-8-6(5-14-11)3-4-7(10)9(8)13-2/h3-4H,5,11H2,1-2H3. The Hall–Kier alpha value is -0.970. The third-order valence-electron chi connectivity index (χ3n) is 1.79. The molecule has 0 fully saturated rings. The molecule has 1 aromatic rings. The first-order chi connectivity index (χ1) is 6.74. The predicted octanol–water partition coefficient (Wildman–Crippen LogP) is 1.75. The summed E-state index contributed by atoms with van der Waals surface area (Å²) in [5.74, 6) is 6.02. The molecular formula is C9H12ClNO3. The van der Waals surface area contributed by atoms with Gasteiger partial charge in [-0.15, -0.1) is 0 Å². The van der Waals surface area contributed by atoms with E-state index >= 15 is 0 Å². The summed E-state index contributed by atoms with van der Waals surface area (Å²) in [6.45, 7) is 0.247. The Kier molecular flexibility index (Phi) is 4.00. The van der Waals surface area contributed by atoms with Gasteiger partial charge in [0.25, 0.3) is 0 Å². The number of benzene rings is 1. The largest absolute Gasteiger partial charge is 0.492 e. The van der Waals surface area contributed by atoms with Crippen LogP contribution >= 0.6 is 11.6 Å². The molecule has 1 aromatic carbocycles. The molecular weight excluding hydrogens is 206 g/mol. The van der Waals surface area contributed by atoms with Gasteiger partial charge in [0.2, 0.25) is 0 Å². The first kappa shape index (κ1) is 11.1. The molecule has 0 atom stereocenters. The fraction of sp³-hybridized carbons (Fsp3) is 0.333. The van der Waals surface area contributed by atoms with Crippen molar-refractivity contribution in [3.05, 3.63) is 22.7 Å². The SMILES string of the molecule is COc1c(Cl)ccc(CON)c1OC. The van der Waals surface area contributed by atoms with Crippen molar-refractivity contribution >= 4 is 11.6 Å². The maximum Gasteiger partial charge on any atom is 0.179 e. The fourth-order valence-electron chi connectivity index (χ4n) is 1.20. The van der Waals surface area contributed by atoms with E-state index < -0.39 is 0 Å². The van der Waals surface area contributed by atoms with Crippen molar-refractivity contribution in [2.45, 2.75) is 6.61 Å². The van der Waals surface area contributed by atoms with E-state index in [2.05, 4.69) is 4.84 Å². The molecule has 0 aliphatic heterocycles. The van der Waals surface area contributed by atoms with E-state index in [0.29, 0.717) is 16.5 Å². The van der Waals surface area contributed by atoms with Crippen LogP contribution in [0, 0.1) is 0 Å². The van der Waals surface area contributed by atoms with E-state index in [-0.39, 0.29) is 6.61 Å². The maximum atomic E-state index is 5.90. The second-order valence-electron chi connectivity index (χ2n) is 2.58. The fourth-order valence-corrected chi connectivity index (χ4v) is 1.42. The number of nitrogens with two attached hydrogens (primary N) is 1. The summed E-state index contributed by atoms with van der Waals surface area (Å²) in [6, 6.07) is 3.48. The van der Waals surface area contributed by atoms with Crippen LogP contribution in [0.4, 0.5) is 0 Å². The molecule has 0 unspecified atom stereocenters. The number of methoxy groups -OCH3 is 2. The summed E-state index contributed by atoms with van der Waals surface area (Å²) < 4.78 is 10.3. The normalized spacial score (nSPS) is 10.0. The summed E-state index contributed by atoms with van der Waals surface area (Å²) in [5.41, 5.74) is 0.788. The van der Waals surface area contributed by atoms with Crippen LogP contribution < -0.4 is 15.4 Å². The highest BCUT2D eigenvalue weighted by Gasteiger charge is 2.13. The Labute approximate surface area is 87.5 Å². The van der Waals surface area contributed by atoms with Crippen molar-refractivity contribution in [2.75, 3.05) is 14.2 Å². The lowest BCUT2D eigenvalue weighted by atomic mass is 10.2. The predicted molar refractivity (Wildman–Crippen MR) is 53.5 cm³/mol. The van der Waals surface area contributed by atoms with Crippen molar-refractivity contribution < 1.29 is 14.3 Å². The number of rotatable bonds is 4. The van der Waals surface area contributed by atoms with Gasteiger partial charge < -0.3 is 9.47 Å². The van der Waals surface area contributed by atoms with Crippen molar-refractivity contribution in [3.63, 3.8) is 0 Å². The van der Waals surface area contributed by atoms with Crippen LogP contribution in [0.3, 0.4) is 0 Å². The zero-order chi connectivity index (χ0) is 10.6. The summed E-state index contributed by atoms with van der Waals surface area (Å²) in [4.78, 5) is 4.53. The number of ether oxygens (including phenoxy) is 2. The van der Waals surface area contributed by atoms with E-state index in [4.69, 9.17) is 27.0 Å². The highest BCUT2D eigenvalue weighted by molar-refractivity contribution is 6.32. The summed E-state index contributed by atoms with van der Waals surface area (Å²) >= 11 is 5.90. The minimum atomic E-state index is 0.247. The molecule has 78 valence electrons. The third-order valence-corrected chi connectivity index (χ3v) is 2.09. The van der Waals surface area contributed by atoms with Gasteiger partial charge in [-0.2, -0.15) is 0 Å². The van der Waals surface area contributed by atoms with Crippen molar-refractivity contribution in [2.24, 2.45) is 5.90 Å². The lowest BCUT2D eigenvalue weighted by Crippen LogP contribution is -2.02. The van der Waals surface area contributed by atoms with Crippen molar-refractivity contribution in [1.29, 1.82) is 0 Å². The molecule has 0 aromatic heterocycles.